The van der Waals surface area contributed by atoms with E-state index in [2.05, 4.69) is 47.0 Å². The molecule has 2 aliphatic rings. The first-order valence-corrected chi connectivity index (χ1v) is 11.7. The Morgan fingerprint density at radius 3 is 2.67 bits per heavy atom. The molecule has 3 rings (SSSR count). The fourth-order valence-corrected chi connectivity index (χ4v) is 5.52. The Balaban J connectivity index is 0.00000320. The number of halogens is 3. The highest BCUT2D eigenvalue weighted by molar-refractivity contribution is 14.0. The van der Waals surface area contributed by atoms with Crippen molar-refractivity contribution in [2.45, 2.75) is 51.1 Å². The molecule has 3 heterocycles. The van der Waals surface area contributed by atoms with Crippen LogP contribution in [0.1, 0.15) is 43.5 Å². The van der Waals surface area contributed by atoms with Gasteiger partial charge in [0.15, 0.2) is 5.96 Å². The number of thiophene rings is 1. The van der Waals surface area contributed by atoms with Crippen LogP contribution >= 0.6 is 35.3 Å². The number of hydrogen-bond donors (Lipinski definition) is 2. The van der Waals surface area contributed by atoms with E-state index in [4.69, 9.17) is 4.99 Å². The molecule has 0 saturated carbocycles. The number of rotatable bonds is 7. The minimum absolute atomic E-state index is 0. The summed E-state index contributed by atoms with van der Waals surface area (Å²) in [5.74, 6) is 1.37. The highest BCUT2D eigenvalue weighted by Gasteiger charge is 2.31. The third kappa shape index (κ3) is 7.56. The maximum Gasteiger partial charge on any atom is 0.251 e. The molecule has 2 unspecified atom stereocenters. The van der Waals surface area contributed by atoms with Crippen LogP contribution in [0, 0.1) is 5.92 Å². The molecule has 172 valence electrons. The molecule has 2 fully saturated rings. The molecule has 0 radical (unpaired) electrons. The number of piperidine rings is 2. The van der Waals surface area contributed by atoms with Gasteiger partial charge in [-0.25, -0.2) is 8.78 Å². The van der Waals surface area contributed by atoms with Crippen molar-refractivity contribution in [3.05, 3.63) is 22.4 Å². The molecule has 2 atom stereocenters. The summed E-state index contributed by atoms with van der Waals surface area (Å²) in [5.41, 5.74) is 0. The molecule has 5 nitrogen and oxygen atoms in total. The van der Waals surface area contributed by atoms with Gasteiger partial charge in [-0.05, 0) is 63.6 Å². The van der Waals surface area contributed by atoms with Crippen molar-refractivity contribution in [3.8, 4) is 0 Å². The summed E-state index contributed by atoms with van der Waals surface area (Å²) in [6.45, 7) is 6.15. The molecular weight excluding hydrogens is 519 g/mol. The Morgan fingerprint density at radius 1 is 1.27 bits per heavy atom. The molecule has 0 spiro atoms. The van der Waals surface area contributed by atoms with Crippen LogP contribution in [0.4, 0.5) is 8.78 Å². The molecule has 1 aromatic rings. The van der Waals surface area contributed by atoms with Crippen molar-refractivity contribution in [2.24, 2.45) is 10.9 Å². The summed E-state index contributed by atoms with van der Waals surface area (Å²) in [5, 5.41) is 9.07. The van der Waals surface area contributed by atoms with Crippen LogP contribution in [0.2, 0.25) is 0 Å². The van der Waals surface area contributed by atoms with E-state index in [-0.39, 0.29) is 30.5 Å². The monoisotopic (exact) mass is 555 g/mol. The van der Waals surface area contributed by atoms with Gasteiger partial charge >= 0.3 is 0 Å². The molecule has 2 saturated heterocycles. The molecule has 9 heteroatoms. The van der Waals surface area contributed by atoms with Gasteiger partial charge in [0.25, 0.3) is 6.43 Å². The summed E-state index contributed by atoms with van der Waals surface area (Å²) in [6, 6.07) is 5.11. The van der Waals surface area contributed by atoms with Crippen LogP contribution in [0.3, 0.4) is 0 Å². The molecule has 30 heavy (non-hydrogen) atoms. The molecule has 0 aromatic carbocycles. The van der Waals surface area contributed by atoms with Gasteiger partial charge in [-0.1, -0.05) is 6.07 Å². The van der Waals surface area contributed by atoms with E-state index in [9.17, 15) is 8.78 Å². The summed E-state index contributed by atoms with van der Waals surface area (Å²) in [7, 11) is 2.22. The lowest BCUT2D eigenvalue weighted by molar-refractivity contribution is 0.0744. The summed E-state index contributed by atoms with van der Waals surface area (Å²) >= 11 is 1.83. The normalized spacial score (nSPS) is 24.6. The number of aliphatic imine (C=N–C) groups is 1. The maximum absolute atomic E-state index is 12.6. The molecule has 1 aromatic heterocycles. The zero-order valence-corrected chi connectivity index (χ0v) is 21.2. The number of alkyl halides is 2. The average Bonchev–Trinajstić information content (AvgIpc) is 3.21. The lowest BCUT2D eigenvalue weighted by Crippen LogP contribution is -2.49. The van der Waals surface area contributed by atoms with E-state index in [1.165, 1.54) is 17.7 Å². The Kier molecular flexibility index (Phi) is 11.3. The van der Waals surface area contributed by atoms with Crippen molar-refractivity contribution in [3.63, 3.8) is 0 Å². The quantitative estimate of drug-likeness (QED) is 0.303. The largest absolute Gasteiger partial charge is 0.357 e. The van der Waals surface area contributed by atoms with Crippen LogP contribution in [0.15, 0.2) is 22.5 Å². The highest BCUT2D eigenvalue weighted by Crippen LogP contribution is 2.37. The second kappa shape index (κ2) is 13.1. The number of guanidine groups is 1. The van der Waals surface area contributed by atoms with E-state index < -0.39 is 6.43 Å². The van der Waals surface area contributed by atoms with Crippen LogP contribution in [0.5, 0.6) is 0 Å². The van der Waals surface area contributed by atoms with Crippen LogP contribution in [0.25, 0.3) is 0 Å². The Bertz CT molecular complexity index is 623. The first-order valence-electron chi connectivity index (χ1n) is 10.9. The summed E-state index contributed by atoms with van der Waals surface area (Å²) in [6.07, 6.45) is 1.91. The van der Waals surface area contributed by atoms with Gasteiger partial charge in [0, 0.05) is 43.1 Å². The molecule has 2 N–H and O–H groups in total. The van der Waals surface area contributed by atoms with Gasteiger partial charge in [-0.3, -0.25) is 14.8 Å². The standard InChI is InChI=1S/C21H35F2N5S.HI/c1-3-24-21(26-17-8-11-28(12-9-17)15-19(22)23)25-14-16-6-4-10-27(2)20(16)18-7-5-13-29-18;/h5,7,13,16-17,19-20H,3-4,6,8-12,14-15H2,1-2H3,(H2,24,25,26);1H. The zero-order valence-electron chi connectivity index (χ0n) is 18.0. The molecule has 0 bridgehead atoms. The fourth-order valence-electron chi connectivity index (χ4n) is 4.54. The number of hydrogen-bond acceptors (Lipinski definition) is 4. The minimum atomic E-state index is -2.25. The predicted molar refractivity (Wildman–Crippen MR) is 132 cm³/mol. The Morgan fingerprint density at radius 2 is 2.03 bits per heavy atom. The van der Waals surface area contributed by atoms with Crippen molar-refractivity contribution in [1.29, 1.82) is 0 Å². The lowest BCUT2D eigenvalue weighted by atomic mass is 9.88. The summed E-state index contributed by atoms with van der Waals surface area (Å²) < 4.78 is 25.2. The van der Waals surface area contributed by atoms with E-state index >= 15 is 0 Å². The van der Waals surface area contributed by atoms with Crippen molar-refractivity contribution < 1.29 is 8.78 Å². The lowest BCUT2D eigenvalue weighted by Gasteiger charge is -2.38. The van der Waals surface area contributed by atoms with Crippen LogP contribution < -0.4 is 10.6 Å². The van der Waals surface area contributed by atoms with Gasteiger partial charge < -0.3 is 10.6 Å². The van der Waals surface area contributed by atoms with Crippen molar-refractivity contribution >= 4 is 41.3 Å². The fraction of sp³-hybridized carbons (Fsp3) is 0.762. The number of likely N-dealkylation sites (tertiary alicyclic amines) is 2. The molecular formula is C21H36F2IN5S. The van der Waals surface area contributed by atoms with E-state index in [0.29, 0.717) is 18.0 Å². The van der Waals surface area contributed by atoms with Crippen molar-refractivity contribution in [2.75, 3.05) is 46.3 Å². The highest BCUT2D eigenvalue weighted by atomic mass is 127. The van der Waals surface area contributed by atoms with Gasteiger partial charge in [-0.15, -0.1) is 35.3 Å². The third-order valence-electron chi connectivity index (χ3n) is 5.99. The van der Waals surface area contributed by atoms with Gasteiger partial charge in [0.1, 0.15) is 0 Å². The van der Waals surface area contributed by atoms with E-state index in [0.717, 1.165) is 51.5 Å². The predicted octanol–water partition coefficient (Wildman–Crippen LogP) is 4.03. The maximum atomic E-state index is 12.6. The second-order valence-corrected chi connectivity index (χ2v) is 9.15. The van der Waals surface area contributed by atoms with Crippen LogP contribution in [-0.2, 0) is 0 Å². The van der Waals surface area contributed by atoms with E-state index in [1.807, 2.05) is 16.2 Å². The molecule has 0 aliphatic carbocycles. The zero-order chi connectivity index (χ0) is 20.6. The Hall–Kier alpha value is -0.520. The average molecular weight is 556 g/mol. The van der Waals surface area contributed by atoms with E-state index in [1.54, 1.807) is 0 Å². The topological polar surface area (TPSA) is 42.9 Å². The smallest absolute Gasteiger partial charge is 0.251 e. The first kappa shape index (κ1) is 25.7. The third-order valence-corrected chi connectivity index (χ3v) is 6.94. The number of nitrogens with one attached hydrogen (secondary N) is 2. The van der Waals surface area contributed by atoms with Gasteiger partial charge in [-0.2, -0.15) is 0 Å². The van der Waals surface area contributed by atoms with Crippen molar-refractivity contribution in [1.82, 2.24) is 20.4 Å². The molecule has 2 aliphatic heterocycles. The second-order valence-electron chi connectivity index (χ2n) is 8.17. The first-order chi connectivity index (χ1) is 14.1. The summed E-state index contributed by atoms with van der Waals surface area (Å²) in [4.78, 5) is 10.7. The van der Waals surface area contributed by atoms with Gasteiger partial charge in [0.05, 0.1) is 6.54 Å². The minimum Gasteiger partial charge on any atom is -0.357 e. The number of nitrogens with zero attached hydrogens (tertiary/aromatic N) is 3. The SMILES string of the molecule is CCNC(=NCC1CCCN(C)C1c1cccs1)NC1CCN(CC(F)F)CC1.I. The Labute approximate surface area is 200 Å². The van der Waals surface area contributed by atoms with Crippen LogP contribution in [-0.4, -0.2) is 74.5 Å². The van der Waals surface area contributed by atoms with Gasteiger partial charge in [0.2, 0.25) is 0 Å². The molecule has 0 amide bonds.